The summed E-state index contributed by atoms with van der Waals surface area (Å²) in [6.07, 6.45) is 0.0992. The molecule has 0 aliphatic carbocycles. The highest BCUT2D eigenvalue weighted by atomic mass is 35.5. The van der Waals surface area contributed by atoms with E-state index in [9.17, 15) is 21.6 Å². The maximum atomic E-state index is 16.1. The van der Waals surface area contributed by atoms with Crippen LogP contribution in [0.15, 0.2) is 72.0 Å². The second-order valence-corrected chi connectivity index (χ2v) is 14.6. The van der Waals surface area contributed by atoms with Crippen LogP contribution in [0.2, 0.25) is 5.02 Å². The first-order chi connectivity index (χ1) is 24.1. The molecule has 1 fully saturated rings. The summed E-state index contributed by atoms with van der Waals surface area (Å²) in [4.78, 5) is 10.5. The average Bonchev–Trinajstić information content (AvgIpc) is 3.09. The first-order valence-electron chi connectivity index (χ1n) is 15.9. The van der Waals surface area contributed by atoms with Crippen molar-refractivity contribution in [3.8, 4) is 11.5 Å². The Bertz CT molecular complexity index is 1950. The molecule has 1 atom stereocenters. The molecule has 0 spiro atoms. The second-order valence-electron chi connectivity index (χ2n) is 12.4. The number of nitrogens with zero attached hydrogens (tertiary/aromatic N) is 5. The van der Waals surface area contributed by atoms with Gasteiger partial charge in [0.05, 0.1) is 26.3 Å². The van der Waals surface area contributed by atoms with Gasteiger partial charge in [-0.05, 0) is 81.7 Å². The fourth-order valence-corrected chi connectivity index (χ4v) is 8.13. The molecule has 3 aromatic carbocycles. The Morgan fingerprint density at radius 1 is 0.980 bits per heavy atom. The van der Waals surface area contributed by atoms with E-state index in [1.165, 1.54) is 32.5 Å². The molecule has 0 saturated carbocycles. The zero-order chi connectivity index (χ0) is 37.1. The number of anilines is 2. The molecule has 0 unspecified atom stereocenters. The van der Waals surface area contributed by atoms with Crippen LogP contribution in [0, 0.1) is 11.6 Å². The molecule has 51 heavy (non-hydrogen) atoms. The van der Waals surface area contributed by atoms with E-state index in [2.05, 4.69) is 9.97 Å². The molecule has 4 aromatic rings. The molecule has 0 radical (unpaired) electrons. The quantitative estimate of drug-likeness (QED) is 0.139. The van der Waals surface area contributed by atoms with Gasteiger partial charge in [0.25, 0.3) is 10.0 Å². The largest absolute Gasteiger partial charge is 0.497 e. The Morgan fingerprint density at radius 3 is 2.27 bits per heavy atom. The predicted molar refractivity (Wildman–Crippen MR) is 184 cm³/mol. The first-order valence-corrected chi connectivity index (χ1v) is 17.7. The van der Waals surface area contributed by atoms with E-state index in [0.717, 1.165) is 34.9 Å². The highest BCUT2D eigenvalue weighted by molar-refractivity contribution is 7.92. The zero-order valence-corrected chi connectivity index (χ0v) is 29.9. The van der Waals surface area contributed by atoms with Crippen LogP contribution in [0.4, 0.5) is 33.5 Å². The van der Waals surface area contributed by atoms with Crippen LogP contribution < -0.4 is 18.7 Å². The van der Waals surface area contributed by atoms with Gasteiger partial charge in [-0.1, -0.05) is 17.7 Å². The lowest BCUT2D eigenvalue weighted by Gasteiger charge is -2.48. The molecule has 1 saturated heterocycles. The van der Waals surface area contributed by atoms with Gasteiger partial charge in [-0.15, -0.1) is 0 Å². The fourth-order valence-electron chi connectivity index (χ4n) is 6.36. The number of ether oxygens (including phenoxy) is 2. The monoisotopic (exact) mass is 753 g/mol. The van der Waals surface area contributed by atoms with Crippen LogP contribution in [-0.4, -0.2) is 70.2 Å². The Morgan fingerprint density at radius 2 is 1.69 bits per heavy atom. The van der Waals surface area contributed by atoms with Crippen LogP contribution in [-0.2, 0) is 29.2 Å². The lowest BCUT2D eigenvalue weighted by Crippen LogP contribution is -2.56. The van der Waals surface area contributed by atoms with E-state index in [1.54, 1.807) is 23.1 Å². The van der Waals surface area contributed by atoms with Gasteiger partial charge in [-0.25, -0.2) is 31.5 Å². The number of sulfonamides is 1. The maximum Gasteiger partial charge on any atom is 0.416 e. The Balaban J connectivity index is 1.44. The molecule has 5 rings (SSSR count). The van der Waals surface area contributed by atoms with Crippen molar-refractivity contribution in [3.63, 3.8) is 0 Å². The number of likely N-dealkylation sites (N-methyl/N-ethyl adjacent to an activating group) is 1. The SMILES string of the molecule is COc1ccc(CN(c2ccncn2)S(=O)(=O)c2c(F)cc(N3CCC[C@](CCc4ccc(C(F)(F)F)cc4Cl)(N(C)C)C3)cc2F)c(OC)c1. The van der Waals surface area contributed by atoms with Gasteiger partial charge >= 0.3 is 6.18 Å². The molecule has 16 heteroatoms. The van der Waals surface area contributed by atoms with Gasteiger partial charge in [0.1, 0.15) is 35.3 Å². The summed E-state index contributed by atoms with van der Waals surface area (Å²) in [5, 5.41) is 0.00813. The average molecular weight is 754 g/mol. The summed E-state index contributed by atoms with van der Waals surface area (Å²) in [6, 6.07) is 11.3. The molecule has 9 nitrogen and oxygen atoms in total. The minimum Gasteiger partial charge on any atom is -0.497 e. The summed E-state index contributed by atoms with van der Waals surface area (Å²) < 4.78 is 111. The van der Waals surface area contributed by atoms with E-state index >= 15 is 8.78 Å². The van der Waals surface area contributed by atoms with Gasteiger partial charge in [0, 0.05) is 53.2 Å². The van der Waals surface area contributed by atoms with Gasteiger partial charge in [-0.3, -0.25) is 0 Å². The molecule has 1 aromatic heterocycles. The minimum absolute atomic E-state index is 0.00813. The molecule has 1 aliphatic heterocycles. The second kappa shape index (κ2) is 15.2. The van der Waals surface area contributed by atoms with Crippen LogP contribution in [0.1, 0.15) is 36.0 Å². The lowest BCUT2D eigenvalue weighted by atomic mass is 9.82. The first kappa shape index (κ1) is 38.0. The Hall–Kier alpha value is -4.21. The van der Waals surface area contributed by atoms with E-state index in [-0.39, 0.29) is 28.8 Å². The molecule has 0 N–H and O–H groups in total. The lowest BCUT2D eigenvalue weighted by molar-refractivity contribution is -0.137. The minimum atomic E-state index is -4.90. The number of alkyl halides is 3. The van der Waals surface area contributed by atoms with Gasteiger partial charge in [0.2, 0.25) is 0 Å². The van der Waals surface area contributed by atoms with Crippen LogP contribution in [0.3, 0.4) is 0 Å². The number of hydrogen-bond donors (Lipinski definition) is 0. The third-order valence-corrected chi connectivity index (χ3v) is 11.4. The Kier molecular flexibility index (Phi) is 11.3. The third kappa shape index (κ3) is 8.15. The highest BCUT2D eigenvalue weighted by Gasteiger charge is 2.39. The van der Waals surface area contributed by atoms with Crippen LogP contribution in [0.25, 0.3) is 0 Å². The standard InChI is InChI=1S/C35H37ClF5N5O4S/c1-44(2)34(13-10-23-6-8-25(16-28(23)36)35(39,40)41)12-5-15-45(21-34)26-17-29(37)33(30(38)18-26)51(47,48)46(32-11-14-42-22-43-32)20-24-7-9-27(49-3)19-31(24)50-4/h6-9,11,14,16-19,22H,5,10,12-13,15,20-21H2,1-4H3/t34-/m1/s1. The number of benzene rings is 3. The molecule has 1 aliphatic rings. The zero-order valence-electron chi connectivity index (χ0n) is 28.3. The molecular formula is C35H37ClF5N5O4S. The van der Waals surface area contributed by atoms with E-state index in [4.69, 9.17) is 21.1 Å². The van der Waals surface area contributed by atoms with Crippen LogP contribution >= 0.6 is 11.6 Å². The summed E-state index contributed by atoms with van der Waals surface area (Å²) in [5.74, 6) is -1.95. The van der Waals surface area contributed by atoms with Crippen molar-refractivity contribution >= 4 is 33.1 Å². The van der Waals surface area contributed by atoms with Crippen molar-refractivity contribution in [3.05, 3.63) is 100 Å². The number of methoxy groups -OCH3 is 2. The van der Waals surface area contributed by atoms with E-state index in [0.29, 0.717) is 55.6 Å². The van der Waals surface area contributed by atoms with Crippen molar-refractivity contribution in [2.45, 2.75) is 48.8 Å². The summed E-state index contributed by atoms with van der Waals surface area (Å²) in [7, 11) is 1.70. The number of rotatable bonds is 12. The third-order valence-electron chi connectivity index (χ3n) is 9.27. The van der Waals surface area contributed by atoms with Crippen LogP contribution in [0.5, 0.6) is 11.5 Å². The summed E-state index contributed by atoms with van der Waals surface area (Å²) in [6.45, 7) is 0.368. The number of halogens is 6. The summed E-state index contributed by atoms with van der Waals surface area (Å²) in [5.41, 5.74) is -0.298. The van der Waals surface area contributed by atoms with E-state index in [1.807, 2.05) is 19.0 Å². The van der Waals surface area contributed by atoms with Gasteiger partial charge in [0.15, 0.2) is 4.90 Å². The van der Waals surface area contributed by atoms with Gasteiger partial charge < -0.3 is 19.3 Å². The van der Waals surface area contributed by atoms with Crippen molar-refractivity contribution in [2.24, 2.45) is 0 Å². The predicted octanol–water partition coefficient (Wildman–Crippen LogP) is 7.37. The van der Waals surface area contributed by atoms with Crippen molar-refractivity contribution < 1.29 is 39.8 Å². The maximum absolute atomic E-state index is 16.1. The number of piperidine rings is 1. The Labute approximate surface area is 298 Å². The summed E-state index contributed by atoms with van der Waals surface area (Å²) >= 11 is 6.24. The smallest absolute Gasteiger partial charge is 0.416 e. The molecule has 0 bridgehead atoms. The van der Waals surface area contributed by atoms with E-state index < -0.39 is 43.8 Å². The molecular weight excluding hydrogens is 717 g/mol. The fraction of sp³-hybridized carbons (Fsp3) is 0.371. The molecule has 2 heterocycles. The number of aromatic nitrogens is 2. The highest BCUT2D eigenvalue weighted by Crippen LogP contribution is 2.38. The number of hydrogen-bond acceptors (Lipinski definition) is 8. The normalized spacial score (nSPS) is 16.7. The number of aryl methyl sites for hydroxylation is 1. The molecule has 274 valence electrons. The van der Waals surface area contributed by atoms with Crippen molar-refractivity contribution in [1.82, 2.24) is 14.9 Å². The van der Waals surface area contributed by atoms with Gasteiger partial charge in [-0.2, -0.15) is 13.2 Å². The van der Waals surface area contributed by atoms with Crippen molar-refractivity contribution in [1.29, 1.82) is 0 Å². The molecule has 0 amide bonds. The van der Waals surface area contributed by atoms with Crippen molar-refractivity contribution in [2.75, 3.05) is 50.6 Å². The topological polar surface area (TPSA) is 88.1 Å².